The number of carboxylic acid groups (broad SMARTS) is 2. The van der Waals surface area contributed by atoms with Crippen LogP contribution in [0, 0.1) is 0 Å². The highest BCUT2D eigenvalue weighted by atomic mass is 79.9. The van der Waals surface area contributed by atoms with Gasteiger partial charge in [0, 0.05) is 16.7 Å². The standard InChI is InChI=1S/C16H18BrNO3.C2H2O4/c1-19-14-8-11(9-15(20-2)16(14)21-3)10-18-13-6-4-12(17)5-7-13;3-1(4)2(5)6/h4-9,18H,10H2,1-3H3;(H,3,4)(H,5,6). The number of benzene rings is 2. The summed E-state index contributed by atoms with van der Waals surface area (Å²) < 4.78 is 17.1. The fourth-order valence-electron chi connectivity index (χ4n) is 2.01. The summed E-state index contributed by atoms with van der Waals surface area (Å²) >= 11 is 3.42. The van der Waals surface area contributed by atoms with Gasteiger partial charge in [0.25, 0.3) is 0 Å². The first-order valence-corrected chi connectivity index (χ1v) is 8.36. The third-order valence-electron chi connectivity index (χ3n) is 3.25. The average molecular weight is 442 g/mol. The van der Waals surface area contributed by atoms with Crippen molar-refractivity contribution in [2.24, 2.45) is 0 Å². The summed E-state index contributed by atoms with van der Waals surface area (Å²) in [5.41, 5.74) is 2.10. The van der Waals surface area contributed by atoms with E-state index >= 15 is 0 Å². The third-order valence-corrected chi connectivity index (χ3v) is 3.78. The van der Waals surface area contributed by atoms with E-state index in [1.807, 2.05) is 36.4 Å². The molecule has 0 heterocycles. The SMILES string of the molecule is COc1cc(CNc2ccc(Br)cc2)cc(OC)c1OC.O=C(O)C(=O)O. The molecule has 2 aromatic rings. The second kappa shape index (κ2) is 10.9. The molecule has 0 saturated heterocycles. The Labute approximate surface area is 164 Å². The first-order valence-electron chi connectivity index (χ1n) is 7.56. The Morgan fingerprint density at radius 2 is 1.41 bits per heavy atom. The maximum atomic E-state index is 9.10. The van der Waals surface area contributed by atoms with Crippen LogP contribution in [0.2, 0.25) is 0 Å². The second-order valence-electron chi connectivity index (χ2n) is 5.00. The molecular weight excluding hydrogens is 422 g/mol. The van der Waals surface area contributed by atoms with E-state index in [-0.39, 0.29) is 0 Å². The molecule has 0 aliphatic carbocycles. The molecule has 0 spiro atoms. The largest absolute Gasteiger partial charge is 0.493 e. The summed E-state index contributed by atoms with van der Waals surface area (Å²) in [5.74, 6) is -1.73. The maximum absolute atomic E-state index is 9.10. The molecule has 0 aliphatic rings. The van der Waals surface area contributed by atoms with Crippen LogP contribution in [0.1, 0.15) is 5.56 Å². The van der Waals surface area contributed by atoms with Crippen LogP contribution in [0.25, 0.3) is 0 Å². The first-order chi connectivity index (χ1) is 12.8. The van der Waals surface area contributed by atoms with Crippen LogP contribution in [0.5, 0.6) is 17.2 Å². The molecule has 0 unspecified atom stereocenters. The van der Waals surface area contributed by atoms with Crippen LogP contribution in [0.3, 0.4) is 0 Å². The summed E-state index contributed by atoms with van der Waals surface area (Å²) in [6, 6.07) is 11.9. The molecule has 9 heteroatoms. The number of hydrogen-bond acceptors (Lipinski definition) is 6. The molecule has 2 aromatic carbocycles. The molecule has 0 saturated carbocycles. The van der Waals surface area contributed by atoms with E-state index in [2.05, 4.69) is 21.2 Å². The van der Waals surface area contributed by atoms with Crippen LogP contribution in [0.15, 0.2) is 40.9 Å². The Kier molecular flexibility index (Phi) is 8.94. The fourth-order valence-corrected chi connectivity index (χ4v) is 2.27. The van der Waals surface area contributed by atoms with Crippen LogP contribution < -0.4 is 19.5 Å². The second-order valence-corrected chi connectivity index (χ2v) is 5.92. The predicted octanol–water partition coefficient (Wildman–Crippen LogP) is 3.24. The number of rotatable bonds is 6. The summed E-state index contributed by atoms with van der Waals surface area (Å²) in [5, 5.41) is 18.1. The van der Waals surface area contributed by atoms with Crippen molar-refractivity contribution in [3.8, 4) is 17.2 Å². The van der Waals surface area contributed by atoms with Crippen molar-refractivity contribution in [2.45, 2.75) is 6.54 Å². The van der Waals surface area contributed by atoms with Crippen molar-refractivity contribution in [1.82, 2.24) is 0 Å². The van der Waals surface area contributed by atoms with E-state index in [9.17, 15) is 0 Å². The lowest BCUT2D eigenvalue weighted by Gasteiger charge is -2.14. The van der Waals surface area contributed by atoms with Crippen molar-refractivity contribution in [2.75, 3.05) is 26.6 Å². The van der Waals surface area contributed by atoms with E-state index in [1.54, 1.807) is 21.3 Å². The number of ether oxygens (including phenoxy) is 3. The number of nitrogens with one attached hydrogen (secondary N) is 1. The molecule has 27 heavy (non-hydrogen) atoms. The average Bonchev–Trinajstić information content (AvgIpc) is 2.66. The first kappa shape index (κ1) is 22.1. The number of carbonyl (C=O) groups is 2. The Morgan fingerprint density at radius 1 is 0.926 bits per heavy atom. The molecule has 0 amide bonds. The predicted molar refractivity (Wildman–Crippen MR) is 103 cm³/mol. The molecule has 146 valence electrons. The van der Waals surface area contributed by atoms with Crippen molar-refractivity contribution in [1.29, 1.82) is 0 Å². The van der Waals surface area contributed by atoms with Crippen molar-refractivity contribution < 1.29 is 34.0 Å². The highest BCUT2D eigenvalue weighted by Gasteiger charge is 2.12. The number of hydrogen-bond donors (Lipinski definition) is 3. The van der Waals surface area contributed by atoms with E-state index in [0.29, 0.717) is 23.8 Å². The molecule has 0 aromatic heterocycles. The minimum Gasteiger partial charge on any atom is -0.493 e. The number of aliphatic carboxylic acids is 2. The van der Waals surface area contributed by atoms with E-state index < -0.39 is 11.9 Å². The van der Waals surface area contributed by atoms with Gasteiger partial charge in [-0.05, 0) is 42.0 Å². The Balaban J connectivity index is 0.000000527. The molecule has 0 aliphatic heterocycles. The minimum absolute atomic E-state index is 0.604. The zero-order valence-corrected chi connectivity index (χ0v) is 16.6. The van der Waals surface area contributed by atoms with Crippen LogP contribution >= 0.6 is 15.9 Å². The molecule has 0 atom stereocenters. The van der Waals surface area contributed by atoms with Gasteiger partial charge in [0.05, 0.1) is 21.3 Å². The van der Waals surface area contributed by atoms with E-state index in [0.717, 1.165) is 15.7 Å². The summed E-state index contributed by atoms with van der Waals surface area (Å²) in [6.07, 6.45) is 0. The number of methoxy groups -OCH3 is 3. The number of carboxylic acids is 2. The van der Waals surface area contributed by atoms with Crippen molar-refractivity contribution in [3.05, 3.63) is 46.4 Å². The molecule has 0 bridgehead atoms. The maximum Gasteiger partial charge on any atom is 0.414 e. The van der Waals surface area contributed by atoms with Crippen LogP contribution in [-0.2, 0) is 16.1 Å². The lowest BCUT2D eigenvalue weighted by molar-refractivity contribution is -0.159. The molecule has 0 fully saturated rings. The molecule has 0 radical (unpaired) electrons. The van der Waals surface area contributed by atoms with Gasteiger partial charge in [-0.2, -0.15) is 0 Å². The normalized spacial score (nSPS) is 9.48. The molecular formula is C18H20BrNO7. The Morgan fingerprint density at radius 3 is 1.78 bits per heavy atom. The molecule has 8 nitrogen and oxygen atoms in total. The lowest BCUT2D eigenvalue weighted by Crippen LogP contribution is -2.09. The van der Waals surface area contributed by atoms with E-state index in [4.69, 9.17) is 34.0 Å². The van der Waals surface area contributed by atoms with Gasteiger partial charge in [-0.25, -0.2) is 9.59 Å². The zero-order valence-electron chi connectivity index (χ0n) is 15.0. The van der Waals surface area contributed by atoms with Gasteiger partial charge in [0.2, 0.25) is 5.75 Å². The van der Waals surface area contributed by atoms with Crippen LogP contribution in [-0.4, -0.2) is 43.5 Å². The van der Waals surface area contributed by atoms with Gasteiger partial charge >= 0.3 is 11.9 Å². The van der Waals surface area contributed by atoms with Crippen LogP contribution in [0.4, 0.5) is 5.69 Å². The van der Waals surface area contributed by atoms with Crippen molar-refractivity contribution in [3.63, 3.8) is 0 Å². The summed E-state index contributed by atoms with van der Waals surface area (Å²) in [7, 11) is 4.83. The zero-order chi connectivity index (χ0) is 20.4. The summed E-state index contributed by atoms with van der Waals surface area (Å²) in [6.45, 7) is 0.665. The van der Waals surface area contributed by atoms with Gasteiger partial charge in [-0.1, -0.05) is 15.9 Å². The van der Waals surface area contributed by atoms with E-state index in [1.165, 1.54) is 0 Å². The fraction of sp³-hybridized carbons (Fsp3) is 0.222. The van der Waals surface area contributed by atoms with Gasteiger partial charge in [0.1, 0.15) is 0 Å². The smallest absolute Gasteiger partial charge is 0.414 e. The Hall–Kier alpha value is -2.94. The highest BCUT2D eigenvalue weighted by molar-refractivity contribution is 9.10. The van der Waals surface area contributed by atoms with Gasteiger partial charge in [-0.15, -0.1) is 0 Å². The minimum atomic E-state index is -1.82. The monoisotopic (exact) mass is 441 g/mol. The lowest BCUT2D eigenvalue weighted by atomic mass is 10.1. The summed E-state index contributed by atoms with van der Waals surface area (Å²) in [4.78, 5) is 18.2. The Bertz CT molecular complexity index is 741. The quantitative estimate of drug-likeness (QED) is 0.585. The third kappa shape index (κ3) is 7.06. The van der Waals surface area contributed by atoms with Gasteiger partial charge in [0.15, 0.2) is 11.5 Å². The number of anilines is 1. The van der Waals surface area contributed by atoms with Crippen molar-refractivity contribution >= 4 is 33.6 Å². The molecule has 2 rings (SSSR count). The molecule has 3 N–H and O–H groups in total. The number of halogens is 1. The topological polar surface area (TPSA) is 114 Å². The highest BCUT2D eigenvalue weighted by Crippen LogP contribution is 2.38. The van der Waals surface area contributed by atoms with Gasteiger partial charge in [-0.3, -0.25) is 0 Å². The van der Waals surface area contributed by atoms with Gasteiger partial charge < -0.3 is 29.7 Å².